The molecule has 1 heterocycles. The molecule has 1 aromatic heterocycles. The van der Waals surface area contributed by atoms with Crippen LogP contribution in [-0.4, -0.2) is 30.6 Å². The van der Waals surface area contributed by atoms with Crippen LogP contribution >= 0.6 is 0 Å². The highest BCUT2D eigenvalue weighted by molar-refractivity contribution is 7.89. The maximum Gasteiger partial charge on any atom is 0.338 e. The standard InChI is InChI=1S/C19H18N2O4S/c1-13-18(21-17-6-4-3-5-16(17)20-13)11-25-19(22)15-9-7-14(8-10-15)12-26(2,23)24/h3-10H,11-12H2,1-2H3. The van der Waals surface area contributed by atoms with Gasteiger partial charge in [0.1, 0.15) is 6.61 Å². The van der Waals surface area contributed by atoms with Gasteiger partial charge < -0.3 is 4.74 Å². The largest absolute Gasteiger partial charge is 0.456 e. The third-order valence-electron chi connectivity index (χ3n) is 3.80. The minimum absolute atomic E-state index is 0.0214. The number of benzene rings is 2. The molecular formula is C19H18N2O4S. The van der Waals surface area contributed by atoms with Gasteiger partial charge >= 0.3 is 5.97 Å². The second-order valence-electron chi connectivity index (χ2n) is 6.09. The lowest BCUT2D eigenvalue weighted by Gasteiger charge is -2.08. The summed E-state index contributed by atoms with van der Waals surface area (Å²) in [5, 5.41) is 0. The number of aryl methyl sites for hydroxylation is 1. The average molecular weight is 370 g/mol. The lowest BCUT2D eigenvalue weighted by Crippen LogP contribution is -2.08. The van der Waals surface area contributed by atoms with Crippen LogP contribution in [0.15, 0.2) is 48.5 Å². The first-order valence-electron chi connectivity index (χ1n) is 7.98. The molecule has 0 aliphatic rings. The van der Waals surface area contributed by atoms with E-state index in [1.165, 1.54) is 6.26 Å². The Hall–Kier alpha value is -2.80. The molecule has 3 rings (SSSR count). The van der Waals surface area contributed by atoms with Gasteiger partial charge in [-0.1, -0.05) is 24.3 Å². The molecule has 0 fully saturated rings. The topological polar surface area (TPSA) is 86.2 Å². The molecule has 134 valence electrons. The van der Waals surface area contributed by atoms with Gasteiger partial charge in [0.2, 0.25) is 0 Å². The Balaban J connectivity index is 1.70. The van der Waals surface area contributed by atoms with Crippen molar-refractivity contribution in [3.8, 4) is 0 Å². The second-order valence-corrected chi connectivity index (χ2v) is 8.23. The number of ether oxygens (including phenoxy) is 1. The molecule has 0 N–H and O–H groups in total. The highest BCUT2D eigenvalue weighted by atomic mass is 32.2. The molecule has 0 radical (unpaired) electrons. The fourth-order valence-electron chi connectivity index (χ4n) is 2.52. The van der Waals surface area contributed by atoms with Crippen LogP contribution in [0.5, 0.6) is 0 Å². The first-order chi connectivity index (χ1) is 12.3. The van der Waals surface area contributed by atoms with Crippen LogP contribution in [0.1, 0.15) is 27.3 Å². The molecule has 26 heavy (non-hydrogen) atoms. The Morgan fingerprint density at radius 3 is 2.23 bits per heavy atom. The molecule has 0 aliphatic heterocycles. The predicted octanol–water partition coefficient (Wildman–Crippen LogP) is 2.84. The summed E-state index contributed by atoms with van der Waals surface area (Å²) in [6, 6.07) is 13.8. The molecule has 0 bridgehead atoms. The summed E-state index contributed by atoms with van der Waals surface area (Å²) in [6.45, 7) is 1.84. The number of rotatable bonds is 5. The molecule has 6 nitrogen and oxygen atoms in total. The van der Waals surface area contributed by atoms with Crippen LogP contribution in [0.2, 0.25) is 0 Å². The molecule has 0 saturated heterocycles. The molecule has 0 spiro atoms. The number of carbonyl (C=O) groups is 1. The van der Waals surface area contributed by atoms with E-state index in [0.29, 0.717) is 22.5 Å². The maximum atomic E-state index is 12.2. The van der Waals surface area contributed by atoms with Crippen molar-refractivity contribution in [2.24, 2.45) is 0 Å². The number of nitrogens with zero attached hydrogens (tertiary/aromatic N) is 2. The van der Waals surface area contributed by atoms with E-state index in [1.54, 1.807) is 24.3 Å². The summed E-state index contributed by atoms with van der Waals surface area (Å²) in [6.07, 6.45) is 1.17. The van der Waals surface area contributed by atoms with Crippen molar-refractivity contribution in [1.29, 1.82) is 0 Å². The molecular weight excluding hydrogens is 352 g/mol. The lowest BCUT2D eigenvalue weighted by atomic mass is 10.1. The summed E-state index contributed by atoms with van der Waals surface area (Å²) in [4.78, 5) is 21.2. The van der Waals surface area contributed by atoms with Crippen molar-refractivity contribution in [3.63, 3.8) is 0 Å². The fraction of sp³-hybridized carbons (Fsp3) is 0.211. The minimum atomic E-state index is -3.11. The SMILES string of the molecule is Cc1nc2ccccc2nc1COC(=O)c1ccc(CS(C)(=O)=O)cc1. The zero-order valence-electron chi connectivity index (χ0n) is 14.5. The molecule has 3 aromatic rings. The van der Waals surface area contributed by atoms with E-state index in [2.05, 4.69) is 9.97 Å². The van der Waals surface area contributed by atoms with Gasteiger partial charge in [0.25, 0.3) is 0 Å². The third kappa shape index (κ3) is 4.43. The number of aromatic nitrogens is 2. The predicted molar refractivity (Wildman–Crippen MR) is 98.4 cm³/mol. The van der Waals surface area contributed by atoms with E-state index in [0.717, 1.165) is 11.0 Å². The first-order valence-corrected chi connectivity index (χ1v) is 10.0. The van der Waals surface area contributed by atoms with Gasteiger partial charge in [0.15, 0.2) is 9.84 Å². The van der Waals surface area contributed by atoms with Gasteiger partial charge in [-0.15, -0.1) is 0 Å². The summed E-state index contributed by atoms with van der Waals surface area (Å²) >= 11 is 0. The summed E-state index contributed by atoms with van der Waals surface area (Å²) in [5.74, 6) is -0.556. The number of hydrogen-bond acceptors (Lipinski definition) is 6. The van der Waals surface area contributed by atoms with Crippen molar-refractivity contribution in [3.05, 3.63) is 71.0 Å². The number of hydrogen-bond donors (Lipinski definition) is 0. The van der Waals surface area contributed by atoms with Gasteiger partial charge in [-0.3, -0.25) is 0 Å². The van der Waals surface area contributed by atoms with E-state index < -0.39 is 15.8 Å². The van der Waals surface area contributed by atoms with Crippen molar-refractivity contribution in [2.45, 2.75) is 19.3 Å². The van der Waals surface area contributed by atoms with Crippen LogP contribution in [-0.2, 0) is 26.9 Å². The van der Waals surface area contributed by atoms with Gasteiger partial charge in [-0.05, 0) is 36.8 Å². The number of para-hydroxylation sites is 2. The van der Waals surface area contributed by atoms with Crippen LogP contribution in [0.3, 0.4) is 0 Å². The van der Waals surface area contributed by atoms with Gasteiger partial charge in [0, 0.05) is 6.26 Å². The Bertz CT molecular complexity index is 1060. The number of fused-ring (bicyclic) bond motifs is 1. The summed E-state index contributed by atoms with van der Waals surface area (Å²) in [5.41, 5.74) is 3.83. The van der Waals surface area contributed by atoms with Crippen molar-refractivity contribution in [2.75, 3.05) is 6.26 Å². The summed E-state index contributed by atoms with van der Waals surface area (Å²) in [7, 11) is -3.11. The normalized spacial score (nSPS) is 11.5. The van der Waals surface area contributed by atoms with Gasteiger partial charge in [0.05, 0.1) is 33.7 Å². The van der Waals surface area contributed by atoms with Crippen LogP contribution in [0, 0.1) is 6.92 Å². The van der Waals surface area contributed by atoms with Crippen molar-refractivity contribution >= 4 is 26.8 Å². The molecule has 0 saturated carbocycles. The number of carbonyl (C=O) groups excluding carboxylic acids is 1. The van der Waals surface area contributed by atoms with Crippen molar-refractivity contribution < 1.29 is 17.9 Å². The molecule has 0 atom stereocenters. The Morgan fingerprint density at radius 2 is 1.62 bits per heavy atom. The molecule has 0 unspecified atom stereocenters. The fourth-order valence-corrected chi connectivity index (χ4v) is 3.32. The molecule has 0 aliphatic carbocycles. The smallest absolute Gasteiger partial charge is 0.338 e. The van der Waals surface area contributed by atoms with E-state index in [9.17, 15) is 13.2 Å². The zero-order chi connectivity index (χ0) is 18.7. The van der Waals surface area contributed by atoms with E-state index in [4.69, 9.17) is 4.74 Å². The highest BCUT2D eigenvalue weighted by Crippen LogP contribution is 2.14. The van der Waals surface area contributed by atoms with Crippen LogP contribution < -0.4 is 0 Å². The Morgan fingerprint density at radius 1 is 1.00 bits per heavy atom. The van der Waals surface area contributed by atoms with Crippen LogP contribution in [0.4, 0.5) is 0 Å². The number of esters is 1. The Labute approximate surface area is 151 Å². The monoisotopic (exact) mass is 370 g/mol. The average Bonchev–Trinajstić information content (AvgIpc) is 2.59. The molecule has 0 amide bonds. The highest BCUT2D eigenvalue weighted by Gasteiger charge is 2.12. The van der Waals surface area contributed by atoms with E-state index >= 15 is 0 Å². The quantitative estimate of drug-likeness (QED) is 0.642. The maximum absolute atomic E-state index is 12.2. The third-order valence-corrected chi connectivity index (χ3v) is 4.66. The van der Waals surface area contributed by atoms with Gasteiger partial charge in [-0.2, -0.15) is 0 Å². The Kier molecular flexibility index (Phi) is 4.99. The van der Waals surface area contributed by atoms with E-state index in [1.807, 2.05) is 31.2 Å². The minimum Gasteiger partial charge on any atom is -0.456 e. The second kappa shape index (κ2) is 7.21. The lowest BCUT2D eigenvalue weighted by molar-refractivity contribution is 0.0467. The van der Waals surface area contributed by atoms with Crippen molar-refractivity contribution in [1.82, 2.24) is 9.97 Å². The summed E-state index contributed by atoms with van der Waals surface area (Å²) < 4.78 is 27.9. The van der Waals surface area contributed by atoms with Gasteiger partial charge in [-0.25, -0.2) is 23.2 Å². The first kappa shape index (κ1) is 18.0. The van der Waals surface area contributed by atoms with Crippen LogP contribution in [0.25, 0.3) is 11.0 Å². The molecule has 2 aromatic carbocycles. The zero-order valence-corrected chi connectivity index (χ0v) is 15.3. The van der Waals surface area contributed by atoms with E-state index in [-0.39, 0.29) is 12.4 Å². The number of sulfone groups is 1. The molecule has 7 heteroatoms.